The lowest BCUT2D eigenvalue weighted by atomic mass is 10.3. The van der Waals surface area contributed by atoms with Gasteiger partial charge in [-0.05, 0) is 6.92 Å². The van der Waals surface area contributed by atoms with Gasteiger partial charge < -0.3 is 5.11 Å². The molecule has 1 rings (SSSR count). The smallest absolute Gasteiger partial charge is 0.104 e. The van der Waals surface area contributed by atoms with Gasteiger partial charge in [0, 0.05) is 0 Å². The molecule has 1 aromatic heterocycles. The van der Waals surface area contributed by atoms with Crippen molar-refractivity contribution in [2.45, 2.75) is 13.0 Å². The highest BCUT2D eigenvalue weighted by atomic mass is 35.5. The first-order valence-corrected chi connectivity index (χ1v) is 4.31. The molecular formula is C6H8ClNOS. The van der Waals surface area contributed by atoms with Crippen LogP contribution in [0.15, 0.2) is 5.51 Å². The summed E-state index contributed by atoms with van der Waals surface area (Å²) in [6.07, 6.45) is -0.547. The lowest BCUT2D eigenvalue weighted by Crippen LogP contribution is -1.97. The van der Waals surface area contributed by atoms with Gasteiger partial charge in [0.25, 0.3) is 0 Å². The van der Waals surface area contributed by atoms with Crippen LogP contribution < -0.4 is 0 Å². The van der Waals surface area contributed by atoms with E-state index in [4.69, 9.17) is 11.6 Å². The van der Waals surface area contributed by atoms with Crippen LogP contribution in [0, 0.1) is 6.92 Å². The monoisotopic (exact) mass is 177 g/mol. The second-order valence-electron chi connectivity index (χ2n) is 1.97. The van der Waals surface area contributed by atoms with Gasteiger partial charge in [0.1, 0.15) is 6.10 Å². The molecule has 2 nitrogen and oxygen atoms in total. The highest BCUT2D eigenvalue weighted by molar-refractivity contribution is 7.09. The highest BCUT2D eigenvalue weighted by Gasteiger charge is 2.10. The first kappa shape index (κ1) is 7.98. The first-order valence-electron chi connectivity index (χ1n) is 2.89. The quantitative estimate of drug-likeness (QED) is 0.698. The van der Waals surface area contributed by atoms with Gasteiger partial charge >= 0.3 is 0 Å². The van der Waals surface area contributed by atoms with E-state index in [1.807, 2.05) is 6.92 Å². The molecule has 10 heavy (non-hydrogen) atoms. The van der Waals surface area contributed by atoms with E-state index in [1.165, 1.54) is 11.3 Å². The number of thiazole rings is 1. The topological polar surface area (TPSA) is 33.1 Å². The zero-order valence-corrected chi connectivity index (χ0v) is 7.11. The Kier molecular flexibility index (Phi) is 2.65. The summed E-state index contributed by atoms with van der Waals surface area (Å²) < 4.78 is 0. The van der Waals surface area contributed by atoms with Crippen molar-refractivity contribution >= 4 is 22.9 Å². The van der Waals surface area contributed by atoms with Crippen molar-refractivity contribution in [2.75, 3.05) is 5.88 Å². The Balaban J connectivity index is 2.82. The lowest BCUT2D eigenvalue weighted by molar-refractivity contribution is 0.205. The second-order valence-corrected chi connectivity index (χ2v) is 3.17. The molecule has 1 aromatic rings. The Labute approximate surface area is 68.5 Å². The van der Waals surface area contributed by atoms with Crippen molar-refractivity contribution in [2.24, 2.45) is 0 Å². The molecule has 0 unspecified atom stereocenters. The second kappa shape index (κ2) is 3.32. The molecular weight excluding hydrogens is 170 g/mol. The molecule has 1 heterocycles. The van der Waals surface area contributed by atoms with Crippen LogP contribution in [0.4, 0.5) is 0 Å². The minimum atomic E-state index is -0.547. The summed E-state index contributed by atoms with van der Waals surface area (Å²) in [5.74, 6) is 0.239. The van der Waals surface area contributed by atoms with Crippen molar-refractivity contribution in [3.63, 3.8) is 0 Å². The molecule has 0 fully saturated rings. The van der Waals surface area contributed by atoms with E-state index in [1.54, 1.807) is 5.51 Å². The Bertz CT molecular complexity index is 213. The van der Waals surface area contributed by atoms with Crippen molar-refractivity contribution < 1.29 is 5.11 Å². The van der Waals surface area contributed by atoms with E-state index in [-0.39, 0.29) is 5.88 Å². The summed E-state index contributed by atoms with van der Waals surface area (Å²) in [7, 11) is 0. The van der Waals surface area contributed by atoms with Crippen molar-refractivity contribution in [3.05, 3.63) is 16.1 Å². The van der Waals surface area contributed by atoms with Crippen LogP contribution >= 0.6 is 22.9 Å². The van der Waals surface area contributed by atoms with E-state index < -0.39 is 6.10 Å². The van der Waals surface area contributed by atoms with Gasteiger partial charge in [0.2, 0.25) is 0 Å². The summed E-state index contributed by atoms with van der Waals surface area (Å²) >= 11 is 6.88. The first-order chi connectivity index (χ1) is 4.75. The molecule has 0 aliphatic rings. The summed E-state index contributed by atoms with van der Waals surface area (Å²) in [5.41, 5.74) is 2.58. The van der Waals surface area contributed by atoms with Gasteiger partial charge in [-0.25, -0.2) is 4.98 Å². The van der Waals surface area contributed by atoms with Gasteiger partial charge in [-0.2, -0.15) is 0 Å². The van der Waals surface area contributed by atoms with Crippen LogP contribution in [0.1, 0.15) is 16.7 Å². The molecule has 1 atom stereocenters. The molecule has 0 saturated heterocycles. The number of rotatable bonds is 2. The average Bonchev–Trinajstić information content (AvgIpc) is 2.34. The summed E-state index contributed by atoms with van der Waals surface area (Å²) in [6.45, 7) is 1.86. The fourth-order valence-electron chi connectivity index (χ4n) is 0.701. The largest absolute Gasteiger partial charge is 0.386 e. The summed E-state index contributed by atoms with van der Waals surface area (Å²) in [4.78, 5) is 4.86. The van der Waals surface area contributed by atoms with Crippen LogP contribution in [0.5, 0.6) is 0 Å². The zero-order chi connectivity index (χ0) is 7.56. The Morgan fingerprint density at radius 2 is 2.60 bits per heavy atom. The number of hydrogen-bond donors (Lipinski definition) is 1. The molecule has 0 bridgehead atoms. The predicted molar refractivity (Wildman–Crippen MR) is 42.5 cm³/mol. The van der Waals surface area contributed by atoms with Crippen molar-refractivity contribution in [1.82, 2.24) is 4.98 Å². The molecule has 56 valence electrons. The SMILES string of the molecule is Cc1ncsc1[C@H](O)CCl. The molecule has 0 amide bonds. The highest BCUT2D eigenvalue weighted by Crippen LogP contribution is 2.21. The van der Waals surface area contributed by atoms with Crippen LogP contribution in [-0.4, -0.2) is 16.0 Å². The van der Waals surface area contributed by atoms with Gasteiger partial charge in [0.05, 0.1) is 22.0 Å². The summed E-state index contributed by atoms with van der Waals surface area (Å²) in [6, 6.07) is 0. The van der Waals surface area contributed by atoms with E-state index >= 15 is 0 Å². The minimum absolute atomic E-state index is 0.239. The number of aromatic nitrogens is 1. The third kappa shape index (κ3) is 1.48. The minimum Gasteiger partial charge on any atom is -0.386 e. The van der Waals surface area contributed by atoms with Gasteiger partial charge in [0.15, 0.2) is 0 Å². The molecule has 0 spiro atoms. The van der Waals surface area contributed by atoms with Crippen LogP contribution in [-0.2, 0) is 0 Å². The Morgan fingerprint density at radius 3 is 3.00 bits per heavy atom. The fraction of sp³-hybridized carbons (Fsp3) is 0.500. The number of hydrogen-bond acceptors (Lipinski definition) is 3. The predicted octanol–water partition coefficient (Wildman–Crippen LogP) is 1.72. The number of aliphatic hydroxyl groups excluding tert-OH is 1. The molecule has 1 N–H and O–H groups in total. The molecule has 4 heteroatoms. The Hall–Kier alpha value is -0.120. The van der Waals surface area contributed by atoms with E-state index in [9.17, 15) is 5.11 Å². The third-order valence-electron chi connectivity index (χ3n) is 1.23. The number of aliphatic hydroxyl groups is 1. The maximum absolute atomic E-state index is 9.24. The molecule has 0 saturated carbocycles. The number of alkyl halides is 1. The van der Waals surface area contributed by atoms with Crippen molar-refractivity contribution in [1.29, 1.82) is 0 Å². The van der Waals surface area contributed by atoms with Crippen molar-refractivity contribution in [3.8, 4) is 0 Å². The fourth-order valence-corrected chi connectivity index (χ4v) is 1.73. The zero-order valence-electron chi connectivity index (χ0n) is 5.54. The molecule has 0 aliphatic heterocycles. The third-order valence-corrected chi connectivity index (χ3v) is 2.56. The van der Waals surface area contributed by atoms with Gasteiger partial charge in [-0.3, -0.25) is 0 Å². The van der Waals surface area contributed by atoms with E-state index in [0.29, 0.717) is 0 Å². The normalized spacial score (nSPS) is 13.5. The van der Waals surface area contributed by atoms with Crippen LogP contribution in [0.3, 0.4) is 0 Å². The Morgan fingerprint density at radius 1 is 1.90 bits per heavy atom. The van der Waals surface area contributed by atoms with Gasteiger partial charge in [-0.15, -0.1) is 22.9 Å². The van der Waals surface area contributed by atoms with Crippen LogP contribution in [0.25, 0.3) is 0 Å². The maximum atomic E-state index is 9.24. The maximum Gasteiger partial charge on any atom is 0.104 e. The average molecular weight is 178 g/mol. The van der Waals surface area contributed by atoms with E-state index in [0.717, 1.165) is 10.6 Å². The number of nitrogens with zero attached hydrogens (tertiary/aromatic N) is 1. The number of aryl methyl sites for hydroxylation is 1. The standard InChI is InChI=1S/C6H8ClNOS/c1-4-6(5(9)2-7)10-3-8-4/h3,5,9H,2H2,1H3/t5-/m1/s1. The lowest BCUT2D eigenvalue weighted by Gasteiger charge is -2.02. The van der Waals surface area contributed by atoms with Gasteiger partial charge in [-0.1, -0.05) is 0 Å². The molecule has 0 radical (unpaired) electrons. The van der Waals surface area contributed by atoms with E-state index in [2.05, 4.69) is 4.98 Å². The number of halogens is 1. The summed E-state index contributed by atoms with van der Waals surface area (Å²) in [5, 5.41) is 9.24. The molecule has 0 aromatic carbocycles. The van der Waals surface area contributed by atoms with Crippen LogP contribution in [0.2, 0.25) is 0 Å². The molecule has 0 aliphatic carbocycles.